The summed E-state index contributed by atoms with van der Waals surface area (Å²) in [5, 5.41) is 0. The number of hydrogen-bond acceptors (Lipinski definition) is 2. The van der Waals surface area contributed by atoms with Crippen molar-refractivity contribution in [3.05, 3.63) is 187 Å². The van der Waals surface area contributed by atoms with E-state index in [2.05, 4.69) is 194 Å². The first-order valence-electron chi connectivity index (χ1n) is 16.6. The van der Waals surface area contributed by atoms with Crippen molar-refractivity contribution in [1.29, 1.82) is 0 Å². The van der Waals surface area contributed by atoms with Gasteiger partial charge in [-0.15, -0.1) is 0 Å². The number of nitrogens with zero attached hydrogens (tertiary/aromatic N) is 2. The van der Waals surface area contributed by atoms with Crippen molar-refractivity contribution in [3.8, 4) is 22.3 Å². The topological polar surface area (TPSA) is 6.48 Å². The van der Waals surface area contributed by atoms with Crippen molar-refractivity contribution in [2.75, 3.05) is 9.80 Å². The van der Waals surface area contributed by atoms with E-state index in [1.54, 1.807) is 0 Å². The fourth-order valence-electron chi connectivity index (χ4n) is 7.24. The van der Waals surface area contributed by atoms with Crippen LogP contribution < -0.4 is 9.80 Å². The predicted molar refractivity (Wildman–Crippen MR) is 199 cm³/mol. The maximum Gasteiger partial charge on any atom is 0.0464 e. The van der Waals surface area contributed by atoms with Crippen LogP contribution in [0.3, 0.4) is 0 Å². The predicted octanol–water partition coefficient (Wildman–Crippen LogP) is 12.5. The molecule has 2 aliphatic rings. The number of fused-ring (bicyclic) bond motifs is 3. The quantitative estimate of drug-likeness (QED) is 0.178. The maximum absolute atomic E-state index is 2.42. The van der Waals surface area contributed by atoms with Gasteiger partial charge in [-0.3, -0.25) is 0 Å². The lowest BCUT2D eigenvalue weighted by Crippen LogP contribution is -2.19. The molecule has 0 fully saturated rings. The molecular weight excluding hydrogens is 569 g/mol. The van der Waals surface area contributed by atoms with Gasteiger partial charge in [0.05, 0.1) is 0 Å². The van der Waals surface area contributed by atoms with Crippen molar-refractivity contribution >= 4 is 28.4 Å². The van der Waals surface area contributed by atoms with Gasteiger partial charge in [-0.1, -0.05) is 111 Å². The molecule has 2 aliphatic carbocycles. The van der Waals surface area contributed by atoms with Crippen molar-refractivity contribution in [2.45, 2.75) is 32.1 Å². The molecule has 0 radical (unpaired) electrons. The second kappa shape index (κ2) is 12.0. The molecular formula is C45H38N2. The summed E-state index contributed by atoms with van der Waals surface area (Å²) in [5.41, 5.74) is 14.8. The Morgan fingerprint density at radius 3 is 1.51 bits per heavy atom. The highest BCUT2D eigenvalue weighted by molar-refractivity contribution is 5.87. The van der Waals surface area contributed by atoms with Gasteiger partial charge in [0.15, 0.2) is 0 Å². The summed E-state index contributed by atoms with van der Waals surface area (Å²) < 4.78 is 0. The highest BCUT2D eigenvalue weighted by atomic mass is 15.1. The lowest BCUT2D eigenvalue weighted by molar-refractivity contribution is 0.660. The second-order valence-electron chi connectivity index (χ2n) is 12.9. The fourth-order valence-corrected chi connectivity index (χ4v) is 7.24. The Morgan fingerprint density at radius 1 is 0.447 bits per heavy atom. The van der Waals surface area contributed by atoms with Gasteiger partial charge >= 0.3 is 0 Å². The molecule has 0 heterocycles. The molecule has 8 rings (SSSR count). The van der Waals surface area contributed by atoms with Crippen molar-refractivity contribution < 1.29 is 0 Å². The maximum atomic E-state index is 2.42. The molecule has 0 unspecified atom stereocenters. The van der Waals surface area contributed by atoms with Gasteiger partial charge in [-0.05, 0) is 119 Å². The molecule has 228 valence electrons. The van der Waals surface area contributed by atoms with E-state index < -0.39 is 0 Å². The van der Waals surface area contributed by atoms with Gasteiger partial charge in [0.25, 0.3) is 0 Å². The van der Waals surface area contributed by atoms with Crippen LogP contribution in [0.25, 0.3) is 22.3 Å². The molecule has 47 heavy (non-hydrogen) atoms. The van der Waals surface area contributed by atoms with Crippen LogP contribution in [-0.4, -0.2) is 0 Å². The number of allylic oxidation sites excluding steroid dienone is 3. The highest BCUT2D eigenvalue weighted by Gasteiger charge is 2.36. The van der Waals surface area contributed by atoms with Crippen LogP contribution in [0.2, 0.25) is 0 Å². The molecule has 6 aromatic carbocycles. The number of rotatable bonds is 7. The molecule has 2 heteroatoms. The Kier molecular flexibility index (Phi) is 7.34. The molecule has 0 saturated heterocycles. The van der Waals surface area contributed by atoms with Crippen LogP contribution >= 0.6 is 0 Å². The lowest BCUT2D eigenvalue weighted by atomic mass is 9.81. The number of benzene rings is 6. The van der Waals surface area contributed by atoms with Crippen LogP contribution in [0, 0.1) is 0 Å². The molecule has 6 aromatic rings. The van der Waals surface area contributed by atoms with Crippen LogP contribution in [0.5, 0.6) is 0 Å². The zero-order valence-corrected chi connectivity index (χ0v) is 27.0. The summed E-state index contributed by atoms with van der Waals surface area (Å²) in [4.78, 5) is 4.71. The Balaban J connectivity index is 1.14. The average molecular weight is 607 g/mol. The van der Waals surface area contributed by atoms with E-state index >= 15 is 0 Å². The van der Waals surface area contributed by atoms with E-state index in [9.17, 15) is 0 Å². The van der Waals surface area contributed by atoms with Crippen molar-refractivity contribution in [1.82, 2.24) is 0 Å². The second-order valence-corrected chi connectivity index (χ2v) is 12.9. The van der Waals surface area contributed by atoms with Crippen LogP contribution in [-0.2, 0) is 5.41 Å². The fraction of sp³-hybridized carbons (Fsp3) is 0.111. The first-order valence-corrected chi connectivity index (χ1v) is 16.6. The Bertz CT molecular complexity index is 2050. The van der Waals surface area contributed by atoms with Crippen LogP contribution in [0.1, 0.15) is 37.8 Å². The minimum absolute atomic E-state index is 0.132. The van der Waals surface area contributed by atoms with E-state index in [1.807, 2.05) is 0 Å². The van der Waals surface area contributed by atoms with Gasteiger partial charge in [0, 0.05) is 39.5 Å². The molecule has 0 atom stereocenters. The summed E-state index contributed by atoms with van der Waals surface area (Å²) in [6.45, 7) is 4.75. The standard InChI is InChI=1S/C45H38N2/c1-45(2)43-31-34(33-23-26-39(27-24-33)46(35-15-7-3-8-16-35)36-17-9-4-10-18-36)25-29-41(43)42-30-28-40(32-44(42)45)47(37-19-11-5-12-20-37)38-21-13-6-14-22-38/h3-5,7-13,15-32H,6,14H2,1-2H3. The third-order valence-corrected chi connectivity index (χ3v) is 9.65. The molecule has 0 saturated carbocycles. The summed E-state index contributed by atoms with van der Waals surface area (Å²) in [5.74, 6) is 0. The van der Waals surface area contributed by atoms with E-state index in [0.717, 1.165) is 29.9 Å². The summed E-state index contributed by atoms with van der Waals surface area (Å²) in [6, 6.07) is 54.9. The molecule has 0 bridgehead atoms. The van der Waals surface area contributed by atoms with E-state index in [1.165, 1.54) is 50.5 Å². The summed E-state index contributed by atoms with van der Waals surface area (Å²) >= 11 is 0. The third kappa shape index (κ3) is 5.26. The molecule has 2 nitrogen and oxygen atoms in total. The highest BCUT2D eigenvalue weighted by Crippen LogP contribution is 2.51. The minimum atomic E-state index is -0.132. The lowest BCUT2D eigenvalue weighted by Gasteiger charge is -2.29. The average Bonchev–Trinajstić information content (AvgIpc) is 3.36. The zero-order valence-electron chi connectivity index (χ0n) is 27.0. The first kappa shape index (κ1) is 28.8. The van der Waals surface area contributed by atoms with Gasteiger partial charge in [0.2, 0.25) is 0 Å². The zero-order chi connectivity index (χ0) is 31.8. The third-order valence-electron chi connectivity index (χ3n) is 9.65. The Morgan fingerprint density at radius 2 is 0.936 bits per heavy atom. The Hall–Kier alpha value is -5.60. The molecule has 0 N–H and O–H groups in total. The minimum Gasteiger partial charge on any atom is -0.311 e. The molecule has 0 aromatic heterocycles. The smallest absolute Gasteiger partial charge is 0.0464 e. The van der Waals surface area contributed by atoms with E-state index in [4.69, 9.17) is 0 Å². The van der Waals surface area contributed by atoms with Crippen molar-refractivity contribution in [2.24, 2.45) is 0 Å². The van der Waals surface area contributed by atoms with Gasteiger partial charge in [0.1, 0.15) is 0 Å². The normalized spacial score (nSPS) is 14.2. The molecule has 0 amide bonds. The number of anilines is 5. The monoisotopic (exact) mass is 606 g/mol. The van der Waals surface area contributed by atoms with Gasteiger partial charge in [-0.2, -0.15) is 0 Å². The first-order chi connectivity index (χ1) is 23.1. The summed E-state index contributed by atoms with van der Waals surface area (Å²) in [6.07, 6.45) is 9.07. The van der Waals surface area contributed by atoms with E-state index in [-0.39, 0.29) is 5.41 Å². The van der Waals surface area contributed by atoms with Crippen LogP contribution in [0.4, 0.5) is 28.4 Å². The Labute approximate surface area is 278 Å². The summed E-state index contributed by atoms with van der Waals surface area (Å²) in [7, 11) is 0. The van der Waals surface area contributed by atoms with Gasteiger partial charge < -0.3 is 9.80 Å². The largest absolute Gasteiger partial charge is 0.311 e. The van der Waals surface area contributed by atoms with Gasteiger partial charge in [-0.25, -0.2) is 0 Å². The van der Waals surface area contributed by atoms with Crippen LogP contribution in [0.15, 0.2) is 176 Å². The van der Waals surface area contributed by atoms with Crippen molar-refractivity contribution in [3.63, 3.8) is 0 Å². The van der Waals surface area contributed by atoms with E-state index in [0.29, 0.717) is 0 Å². The SMILES string of the molecule is CC1(C)c2cc(-c3ccc(N(c4ccccc4)c4ccccc4)cc3)ccc2-c2ccc(N(C3=CCCC=C3)c3ccccc3)cc21. The number of para-hydroxylation sites is 3. The number of hydrogen-bond donors (Lipinski definition) is 0. The molecule has 0 spiro atoms. The molecule has 0 aliphatic heterocycles.